The van der Waals surface area contributed by atoms with Crippen LogP contribution >= 0.6 is 0 Å². The molecule has 0 unspecified atom stereocenters. The van der Waals surface area contributed by atoms with E-state index in [2.05, 4.69) is 20.7 Å². The third-order valence-electron chi connectivity index (χ3n) is 3.93. The van der Waals surface area contributed by atoms with Gasteiger partial charge in [0.1, 0.15) is 18.7 Å². The number of aromatic nitrogens is 3. The summed E-state index contributed by atoms with van der Waals surface area (Å²) >= 11 is 0. The lowest BCUT2D eigenvalue weighted by Gasteiger charge is -2.24. The molecule has 26 heavy (non-hydrogen) atoms. The number of benzene rings is 1. The number of nitrogens with one attached hydrogen (secondary N) is 2. The van der Waals surface area contributed by atoms with E-state index in [1.165, 1.54) is 6.33 Å². The van der Waals surface area contributed by atoms with Crippen molar-refractivity contribution in [2.75, 3.05) is 6.61 Å². The minimum atomic E-state index is -0.661. The maximum Gasteiger partial charge on any atom is 0.407 e. The molecule has 2 aromatic rings. The molecule has 0 aliphatic carbocycles. The first-order valence-corrected chi connectivity index (χ1v) is 8.61. The van der Waals surface area contributed by atoms with Crippen molar-refractivity contribution in [3.63, 3.8) is 0 Å². The Morgan fingerprint density at radius 2 is 1.85 bits per heavy atom. The van der Waals surface area contributed by atoms with Crippen molar-refractivity contribution in [1.82, 2.24) is 25.4 Å². The second-order valence-electron chi connectivity index (χ2n) is 6.25. The quantitative estimate of drug-likeness (QED) is 0.790. The molecule has 1 aromatic carbocycles. The van der Waals surface area contributed by atoms with Crippen LogP contribution in [0, 0.1) is 5.92 Å². The normalized spacial score (nSPS) is 13.1. The average molecular weight is 359 g/mol. The molecule has 2 amide bonds. The highest BCUT2D eigenvalue weighted by atomic mass is 16.5. The van der Waals surface area contributed by atoms with E-state index in [0.717, 1.165) is 11.3 Å². The van der Waals surface area contributed by atoms with Gasteiger partial charge in [0.15, 0.2) is 0 Å². The summed E-state index contributed by atoms with van der Waals surface area (Å²) in [5, 5.41) is 9.62. The smallest absolute Gasteiger partial charge is 0.407 e. The molecule has 8 heteroatoms. The molecule has 0 saturated heterocycles. The van der Waals surface area contributed by atoms with E-state index in [1.54, 1.807) is 17.9 Å². The Balaban J connectivity index is 2.01. The molecule has 1 heterocycles. The number of ether oxygens (including phenoxy) is 1. The summed E-state index contributed by atoms with van der Waals surface area (Å²) in [6, 6.07) is 6.78. The Kier molecular flexibility index (Phi) is 6.71. The lowest BCUT2D eigenvalue weighted by molar-refractivity contribution is -0.124. The summed E-state index contributed by atoms with van der Waals surface area (Å²) in [7, 11) is 0. The fourth-order valence-electron chi connectivity index (χ4n) is 2.48. The molecule has 0 saturated carbocycles. The molecule has 140 valence electrons. The largest absolute Gasteiger partial charge is 0.450 e. The van der Waals surface area contributed by atoms with Crippen LogP contribution in [0.5, 0.6) is 0 Å². The number of rotatable bonds is 7. The molecule has 0 bridgehead atoms. The predicted molar refractivity (Wildman–Crippen MR) is 96.7 cm³/mol. The predicted octanol–water partition coefficient (Wildman–Crippen LogP) is 2.22. The first-order valence-electron chi connectivity index (χ1n) is 8.61. The molecule has 2 atom stereocenters. The van der Waals surface area contributed by atoms with Crippen molar-refractivity contribution >= 4 is 12.0 Å². The first kappa shape index (κ1) is 19.4. The molecule has 8 nitrogen and oxygen atoms in total. The number of hydrogen-bond donors (Lipinski definition) is 2. The zero-order valence-corrected chi connectivity index (χ0v) is 15.5. The molecule has 2 N–H and O–H groups in total. The molecular weight excluding hydrogens is 334 g/mol. The molecule has 2 rings (SSSR count). The van der Waals surface area contributed by atoms with Gasteiger partial charge in [0.25, 0.3) is 0 Å². The Morgan fingerprint density at radius 3 is 2.38 bits per heavy atom. The van der Waals surface area contributed by atoms with Crippen molar-refractivity contribution in [1.29, 1.82) is 0 Å². The molecule has 0 aliphatic heterocycles. The summed E-state index contributed by atoms with van der Waals surface area (Å²) in [6.07, 6.45) is 2.50. The van der Waals surface area contributed by atoms with E-state index in [9.17, 15) is 9.59 Å². The fraction of sp³-hybridized carbons (Fsp3) is 0.444. The van der Waals surface area contributed by atoms with Crippen molar-refractivity contribution in [2.24, 2.45) is 5.92 Å². The fourth-order valence-corrected chi connectivity index (χ4v) is 2.48. The lowest BCUT2D eigenvalue weighted by Crippen LogP contribution is -2.50. The standard InChI is InChI=1S/C18H25N5O3/c1-5-26-18(25)22-16(12(2)3)17(24)21-13(4)14-6-8-15(9-7-14)23-11-19-10-20-23/h6-13,16H,5H2,1-4H3,(H,21,24)(H,22,25)/t13-,16-/m1/s1. The van der Waals surface area contributed by atoms with Crippen LogP contribution in [0.3, 0.4) is 0 Å². The van der Waals surface area contributed by atoms with Gasteiger partial charge in [0.05, 0.1) is 18.3 Å². The molecular formula is C18H25N5O3. The van der Waals surface area contributed by atoms with Crippen LogP contribution < -0.4 is 10.6 Å². The Bertz CT molecular complexity index is 713. The van der Waals surface area contributed by atoms with Crippen LogP contribution in [0.1, 0.15) is 39.3 Å². The Labute approximate surface area is 153 Å². The van der Waals surface area contributed by atoms with Gasteiger partial charge in [-0.2, -0.15) is 5.10 Å². The van der Waals surface area contributed by atoms with Gasteiger partial charge in [-0.25, -0.2) is 14.5 Å². The second kappa shape index (κ2) is 8.98. The zero-order chi connectivity index (χ0) is 19.1. The van der Waals surface area contributed by atoms with E-state index in [-0.39, 0.29) is 24.5 Å². The van der Waals surface area contributed by atoms with E-state index < -0.39 is 12.1 Å². The minimum Gasteiger partial charge on any atom is -0.450 e. The van der Waals surface area contributed by atoms with Crippen molar-refractivity contribution in [2.45, 2.75) is 39.8 Å². The number of amides is 2. The number of alkyl carbamates (subject to hydrolysis) is 1. The average Bonchev–Trinajstić information content (AvgIpc) is 3.14. The van der Waals surface area contributed by atoms with Gasteiger partial charge >= 0.3 is 6.09 Å². The second-order valence-corrected chi connectivity index (χ2v) is 6.25. The van der Waals surface area contributed by atoms with E-state index in [0.29, 0.717) is 0 Å². The van der Waals surface area contributed by atoms with E-state index in [1.807, 2.05) is 45.0 Å². The highest BCUT2D eigenvalue weighted by Gasteiger charge is 2.26. The maximum absolute atomic E-state index is 12.6. The number of hydrogen-bond acceptors (Lipinski definition) is 5. The number of nitrogens with zero attached hydrogens (tertiary/aromatic N) is 3. The number of carbonyl (C=O) groups excluding carboxylic acids is 2. The summed E-state index contributed by atoms with van der Waals surface area (Å²) in [5.74, 6) is -0.317. The number of carbonyl (C=O) groups is 2. The van der Waals surface area contributed by atoms with Gasteiger partial charge in [-0.05, 0) is 37.5 Å². The van der Waals surface area contributed by atoms with Crippen molar-refractivity contribution < 1.29 is 14.3 Å². The van der Waals surface area contributed by atoms with Crippen molar-refractivity contribution in [3.05, 3.63) is 42.5 Å². The van der Waals surface area contributed by atoms with Gasteiger partial charge in [0, 0.05) is 0 Å². The topological polar surface area (TPSA) is 98.1 Å². The highest BCUT2D eigenvalue weighted by molar-refractivity contribution is 5.86. The third kappa shape index (κ3) is 5.05. The molecule has 0 radical (unpaired) electrons. The minimum absolute atomic E-state index is 0.0682. The Morgan fingerprint density at radius 1 is 1.15 bits per heavy atom. The Hall–Kier alpha value is -2.90. The molecule has 0 spiro atoms. The third-order valence-corrected chi connectivity index (χ3v) is 3.93. The summed E-state index contributed by atoms with van der Waals surface area (Å²) in [5.41, 5.74) is 1.83. The SMILES string of the molecule is CCOC(=O)N[C@@H](C(=O)N[C@H](C)c1ccc(-n2cncn2)cc1)C(C)C. The van der Waals surface area contributed by atoms with Crippen LogP contribution in [0.2, 0.25) is 0 Å². The highest BCUT2D eigenvalue weighted by Crippen LogP contribution is 2.16. The summed E-state index contributed by atoms with van der Waals surface area (Å²) < 4.78 is 6.53. The summed E-state index contributed by atoms with van der Waals surface area (Å²) in [4.78, 5) is 28.1. The van der Waals surface area contributed by atoms with Crippen LogP contribution in [-0.4, -0.2) is 39.4 Å². The van der Waals surface area contributed by atoms with Gasteiger partial charge in [-0.1, -0.05) is 26.0 Å². The lowest BCUT2D eigenvalue weighted by atomic mass is 10.0. The van der Waals surface area contributed by atoms with Gasteiger partial charge in [-0.3, -0.25) is 4.79 Å². The summed E-state index contributed by atoms with van der Waals surface area (Å²) in [6.45, 7) is 7.61. The van der Waals surface area contributed by atoms with Crippen molar-refractivity contribution in [3.8, 4) is 5.69 Å². The van der Waals surface area contributed by atoms with Crippen LogP contribution in [0.4, 0.5) is 4.79 Å². The zero-order valence-electron chi connectivity index (χ0n) is 15.5. The first-order chi connectivity index (χ1) is 12.4. The molecule has 0 fully saturated rings. The van der Waals surface area contributed by atoms with Crippen LogP contribution in [0.25, 0.3) is 5.69 Å². The van der Waals surface area contributed by atoms with E-state index in [4.69, 9.17) is 4.74 Å². The maximum atomic E-state index is 12.6. The van der Waals surface area contributed by atoms with E-state index >= 15 is 0 Å². The van der Waals surface area contributed by atoms with Crippen LogP contribution in [0.15, 0.2) is 36.9 Å². The van der Waals surface area contributed by atoms with Gasteiger partial charge in [-0.15, -0.1) is 0 Å². The van der Waals surface area contributed by atoms with Crippen LogP contribution in [-0.2, 0) is 9.53 Å². The molecule has 0 aliphatic rings. The van der Waals surface area contributed by atoms with Gasteiger partial charge in [0.2, 0.25) is 5.91 Å². The molecule has 1 aromatic heterocycles. The monoisotopic (exact) mass is 359 g/mol. The van der Waals surface area contributed by atoms with Gasteiger partial charge < -0.3 is 15.4 Å².